The van der Waals surface area contributed by atoms with Crippen LogP contribution in [0, 0.1) is 5.92 Å². The van der Waals surface area contributed by atoms with Gasteiger partial charge in [-0.2, -0.15) is 0 Å². The van der Waals surface area contributed by atoms with Crippen molar-refractivity contribution in [3.63, 3.8) is 0 Å². The maximum Gasteiger partial charge on any atom is 0.224 e. The molecule has 1 aliphatic rings. The van der Waals surface area contributed by atoms with Crippen molar-refractivity contribution in [1.82, 2.24) is 10.2 Å². The molecule has 1 unspecified atom stereocenters. The van der Waals surface area contributed by atoms with Crippen molar-refractivity contribution in [2.75, 3.05) is 25.5 Å². The molecule has 1 fully saturated rings. The molecular formula is C12H21ClN2O2. The summed E-state index contributed by atoms with van der Waals surface area (Å²) in [5, 5.41) is 2.73. The van der Waals surface area contributed by atoms with Gasteiger partial charge in [-0.1, -0.05) is 6.92 Å². The summed E-state index contributed by atoms with van der Waals surface area (Å²) in [6.45, 7) is 3.92. The second-order valence-corrected chi connectivity index (χ2v) is 4.85. The standard InChI is InChI=1S/C12H21ClN2O2/c1-10(9-13)12(17)14-6-5-11(16)15-7-3-2-4-8-15/h10H,2-9H2,1H3,(H,14,17). The van der Waals surface area contributed by atoms with E-state index in [2.05, 4.69) is 5.32 Å². The second-order valence-electron chi connectivity index (χ2n) is 4.54. The number of nitrogens with one attached hydrogen (secondary N) is 1. The fourth-order valence-corrected chi connectivity index (χ4v) is 1.98. The first-order valence-corrected chi connectivity index (χ1v) is 6.80. The van der Waals surface area contributed by atoms with Crippen molar-refractivity contribution in [3.8, 4) is 0 Å². The molecule has 0 aromatic rings. The van der Waals surface area contributed by atoms with Gasteiger partial charge in [0.15, 0.2) is 0 Å². The Bertz CT molecular complexity index is 265. The van der Waals surface area contributed by atoms with Crippen LogP contribution in [0.4, 0.5) is 0 Å². The molecule has 1 saturated heterocycles. The lowest BCUT2D eigenvalue weighted by atomic mass is 10.1. The fourth-order valence-electron chi connectivity index (χ4n) is 1.84. The first-order chi connectivity index (χ1) is 8.15. The molecule has 1 atom stereocenters. The zero-order chi connectivity index (χ0) is 12.7. The molecule has 1 aliphatic heterocycles. The van der Waals surface area contributed by atoms with E-state index < -0.39 is 0 Å². The number of rotatable bonds is 5. The number of hydrogen-bond acceptors (Lipinski definition) is 2. The van der Waals surface area contributed by atoms with Crippen LogP contribution in [0.25, 0.3) is 0 Å². The van der Waals surface area contributed by atoms with Gasteiger partial charge < -0.3 is 10.2 Å². The van der Waals surface area contributed by atoms with Gasteiger partial charge in [0.25, 0.3) is 0 Å². The fraction of sp³-hybridized carbons (Fsp3) is 0.833. The highest BCUT2D eigenvalue weighted by Crippen LogP contribution is 2.09. The van der Waals surface area contributed by atoms with E-state index in [1.54, 1.807) is 6.92 Å². The third-order valence-electron chi connectivity index (χ3n) is 3.03. The second kappa shape index (κ2) is 7.54. The van der Waals surface area contributed by atoms with Crippen molar-refractivity contribution in [2.45, 2.75) is 32.6 Å². The van der Waals surface area contributed by atoms with Gasteiger partial charge in [-0.15, -0.1) is 11.6 Å². The van der Waals surface area contributed by atoms with E-state index in [0.29, 0.717) is 18.8 Å². The maximum atomic E-state index is 11.8. The SMILES string of the molecule is CC(CCl)C(=O)NCCC(=O)N1CCCCC1. The molecule has 4 nitrogen and oxygen atoms in total. The lowest BCUT2D eigenvalue weighted by molar-refractivity contribution is -0.132. The van der Waals surface area contributed by atoms with Crippen LogP contribution in [-0.2, 0) is 9.59 Å². The molecule has 0 radical (unpaired) electrons. The van der Waals surface area contributed by atoms with Crippen LogP contribution in [0.2, 0.25) is 0 Å². The van der Waals surface area contributed by atoms with Crippen molar-refractivity contribution in [3.05, 3.63) is 0 Å². The van der Waals surface area contributed by atoms with Gasteiger partial charge in [-0.05, 0) is 19.3 Å². The van der Waals surface area contributed by atoms with Crippen molar-refractivity contribution >= 4 is 23.4 Å². The number of nitrogens with zero attached hydrogens (tertiary/aromatic N) is 1. The number of alkyl halides is 1. The molecule has 1 heterocycles. The van der Waals surface area contributed by atoms with Crippen molar-refractivity contribution in [2.24, 2.45) is 5.92 Å². The first-order valence-electron chi connectivity index (χ1n) is 6.26. The smallest absolute Gasteiger partial charge is 0.224 e. The number of hydrogen-bond donors (Lipinski definition) is 1. The van der Waals surface area contributed by atoms with Gasteiger partial charge >= 0.3 is 0 Å². The largest absolute Gasteiger partial charge is 0.355 e. The first kappa shape index (κ1) is 14.3. The highest BCUT2D eigenvalue weighted by molar-refractivity contribution is 6.19. The Hall–Kier alpha value is -0.770. The van der Waals surface area contributed by atoms with Crippen molar-refractivity contribution < 1.29 is 9.59 Å². The van der Waals surface area contributed by atoms with Gasteiger partial charge in [-0.25, -0.2) is 0 Å². The van der Waals surface area contributed by atoms with E-state index in [0.717, 1.165) is 25.9 Å². The topological polar surface area (TPSA) is 49.4 Å². The predicted octanol–water partition coefficient (Wildman–Crippen LogP) is 1.38. The van der Waals surface area contributed by atoms with Crippen LogP contribution in [0.15, 0.2) is 0 Å². The lowest BCUT2D eigenvalue weighted by Gasteiger charge is -2.26. The van der Waals surface area contributed by atoms with E-state index in [9.17, 15) is 9.59 Å². The number of amides is 2. The number of carbonyl (C=O) groups excluding carboxylic acids is 2. The summed E-state index contributed by atoms with van der Waals surface area (Å²) >= 11 is 5.57. The minimum atomic E-state index is -0.193. The minimum absolute atomic E-state index is 0.0774. The van der Waals surface area contributed by atoms with Gasteiger partial charge in [0.1, 0.15) is 0 Å². The van der Waals surface area contributed by atoms with Gasteiger partial charge in [0.2, 0.25) is 11.8 Å². The van der Waals surface area contributed by atoms with Crippen LogP contribution in [0.5, 0.6) is 0 Å². The summed E-state index contributed by atoms with van der Waals surface area (Å²) in [6.07, 6.45) is 3.80. The van der Waals surface area contributed by atoms with Crippen LogP contribution in [0.1, 0.15) is 32.6 Å². The highest BCUT2D eigenvalue weighted by atomic mass is 35.5. The maximum absolute atomic E-state index is 11.8. The summed E-state index contributed by atoms with van der Waals surface area (Å²) in [5.74, 6) is 0.183. The Labute approximate surface area is 108 Å². The Morgan fingerprint density at radius 2 is 1.94 bits per heavy atom. The lowest BCUT2D eigenvalue weighted by Crippen LogP contribution is -2.38. The molecule has 5 heteroatoms. The molecule has 1 N–H and O–H groups in total. The summed E-state index contributed by atoms with van der Waals surface area (Å²) < 4.78 is 0. The van der Waals surface area contributed by atoms with E-state index in [-0.39, 0.29) is 17.7 Å². The molecule has 0 spiro atoms. The van der Waals surface area contributed by atoms with E-state index in [4.69, 9.17) is 11.6 Å². The average molecular weight is 261 g/mol. The van der Waals surface area contributed by atoms with Gasteiger partial charge in [0, 0.05) is 37.9 Å². The van der Waals surface area contributed by atoms with Crippen LogP contribution in [0.3, 0.4) is 0 Å². The Kier molecular flexibility index (Phi) is 6.34. The summed E-state index contributed by atoms with van der Waals surface area (Å²) in [4.78, 5) is 25.1. The molecule has 0 aliphatic carbocycles. The van der Waals surface area contributed by atoms with Gasteiger partial charge in [-0.3, -0.25) is 9.59 Å². The number of halogens is 1. The third kappa shape index (κ3) is 4.94. The summed E-state index contributed by atoms with van der Waals surface area (Å²) in [5.41, 5.74) is 0. The molecule has 0 aromatic carbocycles. The molecular weight excluding hydrogens is 240 g/mol. The quantitative estimate of drug-likeness (QED) is 0.760. The Morgan fingerprint density at radius 3 is 2.53 bits per heavy atom. The van der Waals surface area contributed by atoms with Gasteiger partial charge in [0.05, 0.1) is 0 Å². The monoisotopic (exact) mass is 260 g/mol. The van der Waals surface area contributed by atoms with E-state index in [1.807, 2.05) is 4.90 Å². The molecule has 98 valence electrons. The number of likely N-dealkylation sites (tertiary alicyclic amines) is 1. The Morgan fingerprint density at radius 1 is 1.29 bits per heavy atom. The molecule has 2 amide bonds. The normalized spacial score (nSPS) is 17.6. The molecule has 0 bridgehead atoms. The number of piperidine rings is 1. The zero-order valence-electron chi connectivity index (χ0n) is 10.4. The van der Waals surface area contributed by atoms with Crippen molar-refractivity contribution in [1.29, 1.82) is 0 Å². The van der Waals surface area contributed by atoms with Crippen LogP contribution >= 0.6 is 11.6 Å². The minimum Gasteiger partial charge on any atom is -0.355 e. The summed E-state index contributed by atoms with van der Waals surface area (Å²) in [7, 11) is 0. The third-order valence-corrected chi connectivity index (χ3v) is 3.49. The molecule has 1 rings (SSSR count). The van der Waals surface area contributed by atoms with E-state index in [1.165, 1.54) is 6.42 Å². The number of carbonyl (C=O) groups is 2. The molecule has 0 saturated carbocycles. The van der Waals surface area contributed by atoms with Crippen LogP contribution in [-0.4, -0.2) is 42.2 Å². The Balaban J connectivity index is 2.17. The molecule has 0 aromatic heterocycles. The molecule has 17 heavy (non-hydrogen) atoms. The zero-order valence-corrected chi connectivity index (χ0v) is 11.1. The highest BCUT2D eigenvalue weighted by Gasteiger charge is 2.16. The van der Waals surface area contributed by atoms with Crippen LogP contribution < -0.4 is 5.32 Å². The predicted molar refractivity (Wildman–Crippen MR) is 67.9 cm³/mol. The average Bonchev–Trinajstić information content (AvgIpc) is 2.38. The summed E-state index contributed by atoms with van der Waals surface area (Å²) in [6, 6.07) is 0. The van der Waals surface area contributed by atoms with E-state index >= 15 is 0 Å².